The number of ether oxygens (including phenoxy) is 2. The van der Waals surface area contributed by atoms with Crippen LogP contribution in [0.1, 0.15) is 31.3 Å². The standard InChI is InChI=1S/C22H21N3O4S/c1-28-16-10-15(11-17(12-16)29-2)20(26)24-22-23-18-8-9-25(13-19(18)30-22)21(27)14-6-4-3-5-7-14/h3-7,10-12H,8-9,13H2,1-2H3,(H,23,24,26). The van der Waals surface area contributed by atoms with Crippen molar-refractivity contribution in [2.24, 2.45) is 0 Å². The Morgan fingerprint density at radius 2 is 1.73 bits per heavy atom. The molecule has 1 aromatic heterocycles. The van der Waals surface area contributed by atoms with Crippen LogP contribution in [0.15, 0.2) is 48.5 Å². The normalized spacial score (nSPS) is 12.8. The Bertz CT molecular complexity index is 1060. The van der Waals surface area contributed by atoms with Crippen LogP contribution in [-0.4, -0.2) is 42.5 Å². The molecular weight excluding hydrogens is 402 g/mol. The minimum Gasteiger partial charge on any atom is -0.497 e. The Balaban J connectivity index is 1.48. The number of fused-ring (bicyclic) bond motifs is 1. The summed E-state index contributed by atoms with van der Waals surface area (Å²) in [5.41, 5.74) is 2.02. The van der Waals surface area contributed by atoms with Crippen molar-refractivity contribution in [3.8, 4) is 11.5 Å². The molecule has 1 aliphatic heterocycles. The van der Waals surface area contributed by atoms with E-state index in [0.29, 0.717) is 47.3 Å². The van der Waals surface area contributed by atoms with E-state index in [9.17, 15) is 9.59 Å². The van der Waals surface area contributed by atoms with Gasteiger partial charge in [-0.25, -0.2) is 4.98 Å². The Labute approximate surface area is 178 Å². The predicted octanol–water partition coefficient (Wildman–Crippen LogP) is 3.61. The molecule has 0 bridgehead atoms. The van der Waals surface area contributed by atoms with Gasteiger partial charge in [-0.1, -0.05) is 29.5 Å². The Morgan fingerprint density at radius 1 is 1.03 bits per heavy atom. The van der Waals surface area contributed by atoms with Crippen LogP contribution in [0.25, 0.3) is 0 Å². The maximum Gasteiger partial charge on any atom is 0.257 e. The van der Waals surface area contributed by atoms with Crippen molar-refractivity contribution in [1.29, 1.82) is 0 Å². The number of carbonyl (C=O) groups is 2. The molecule has 0 unspecified atom stereocenters. The maximum atomic E-state index is 12.7. The highest BCUT2D eigenvalue weighted by Crippen LogP contribution is 2.30. The summed E-state index contributed by atoms with van der Waals surface area (Å²) in [6.45, 7) is 1.09. The summed E-state index contributed by atoms with van der Waals surface area (Å²) in [5, 5.41) is 3.36. The van der Waals surface area contributed by atoms with Crippen molar-refractivity contribution in [2.45, 2.75) is 13.0 Å². The Hall–Kier alpha value is -3.39. The van der Waals surface area contributed by atoms with Crippen LogP contribution in [0, 0.1) is 0 Å². The first-order valence-electron chi connectivity index (χ1n) is 9.44. The van der Waals surface area contributed by atoms with E-state index in [4.69, 9.17) is 9.47 Å². The van der Waals surface area contributed by atoms with Crippen molar-refractivity contribution in [2.75, 3.05) is 26.1 Å². The molecule has 1 N–H and O–H groups in total. The smallest absolute Gasteiger partial charge is 0.257 e. The van der Waals surface area contributed by atoms with Gasteiger partial charge in [0.1, 0.15) is 11.5 Å². The molecule has 0 radical (unpaired) electrons. The average Bonchev–Trinajstić information content (AvgIpc) is 3.20. The Morgan fingerprint density at radius 3 is 2.40 bits per heavy atom. The summed E-state index contributed by atoms with van der Waals surface area (Å²) in [7, 11) is 3.07. The van der Waals surface area contributed by atoms with Crippen LogP contribution in [-0.2, 0) is 13.0 Å². The number of nitrogens with zero attached hydrogens (tertiary/aromatic N) is 2. The lowest BCUT2D eigenvalue weighted by molar-refractivity contribution is 0.0736. The number of hydrogen-bond acceptors (Lipinski definition) is 6. The molecule has 0 fully saturated rings. The van der Waals surface area contributed by atoms with Gasteiger partial charge in [-0.15, -0.1) is 0 Å². The monoisotopic (exact) mass is 423 g/mol. The van der Waals surface area contributed by atoms with Crippen molar-refractivity contribution in [3.63, 3.8) is 0 Å². The van der Waals surface area contributed by atoms with E-state index in [1.807, 2.05) is 35.2 Å². The van der Waals surface area contributed by atoms with Crippen LogP contribution in [0.4, 0.5) is 5.13 Å². The molecule has 2 aromatic carbocycles. The molecule has 154 valence electrons. The van der Waals surface area contributed by atoms with Crippen molar-refractivity contribution >= 4 is 28.3 Å². The second-order valence-electron chi connectivity index (χ2n) is 6.79. The number of hydrogen-bond donors (Lipinski definition) is 1. The van der Waals surface area contributed by atoms with Gasteiger partial charge in [0.25, 0.3) is 11.8 Å². The highest BCUT2D eigenvalue weighted by Gasteiger charge is 2.25. The van der Waals surface area contributed by atoms with Gasteiger partial charge in [0.05, 0.1) is 26.5 Å². The zero-order valence-corrected chi connectivity index (χ0v) is 17.5. The summed E-state index contributed by atoms with van der Waals surface area (Å²) in [6, 6.07) is 14.2. The number of thiazole rings is 1. The first-order chi connectivity index (χ1) is 14.6. The molecule has 0 spiro atoms. The second-order valence-corrected chi connectivity index (χ2v) is 7.87. The lowest BCUT2D eigenvalue weighted by atomic mass is 10.1. The SMILES string of the molecule is COc1cc(OC)cc(C(=O)Nc2nc3c(s2)CN(C(=O)c2ccccc2)CC3)c1. The van der Waals surface area contributed by atoms with E-state index in [2.05, 4.69) is 10.3 Å². The Kier molecular flexibility index (Phi) is 5.67. The third kappa shape index (κ3) is 4.13. The quantitative estimate of drug-likeness (QED) is 0.678. The number of anilines is 1. The van der Waals surface area contributed by atoms with Crippen molar-refractivity contribution < 1.29 is 19.1 Å². The van der Waals surface area contributed by atoms with Crippen molar-refractivity contribution in [3.05, 3.63) is 70.2 Å². The van der Waals surface area contributed by atoms with Gasteiger partial charge in [0, 0.05) is 35.0 Å². The average molecular weight is 423 g/mol. The molecule has 0 aliphatic carbocycles. The maximum absolute atomic E-state index is 12.7. The zero-order valence-electron chi connectivity index (χ0n) is 16.7. The molecule has 7 nitrogen and oxygen atoms in total. The number of methoxy groups -OCH3 is 2. The van der Waals surface area contributed by atoms with Gasteiger partial charge in [-0.3, -0.25) is 14.9 Å². The fourth-order valence-corrected chi connectivity index (χ4v) is 4.31. The van der Waals surface area contributed by atoms with E-state index in [-0.39, 0.29) is 11.8 Å². The summed E-state index contributed by atoms with van der Waals surface area (Å²) in [4.78, 5) is 32.8. The number of benzene rings is 2. The molecule has 3 aromatic rings. The van der Waals surface area contributed by atoms with Crippen molar-refractivity contribution in [1.82, 2.24) is 9.88 Å². The number of aromatic nitrogens is 1. The molecular formula is C22H21N3O4S. The summed E-state index contributed by atoms with van der Waals surface area (Å²) in [5.74, 6) is 0.778. The molecule has 2 heterocycles. The third-order valence-electron chi connectivity index (χ3n) is 4.87. The van der Waals surface area contributed by atoms with Gasteiger partial charge in [-0.2, -0.15) is 0 Å². The second kappa shape index (κ2) is 8.54. The van der Waals surface area contributed by atoms with Crippen LogP contribution in [0.3, 0.4) is 0 Å². The fraction of sp³-hybridized carbons (Fsp3) is 0.227. The van der Waals surface area contributed by atoms with Gasteiger partial charge >= 0.3 is 0 Å². The number of carbonyl (C=O) groups excluding carboxylic acids is 2. The zero-order chi connectivity index (χ0) is 21.1. The molecule has 0 atom stereocenters. The molecule has 0 saturated heterocycles. The van der Waals surface area contributed by atoms with E-state index >= 15 is 0 Å². The van der Waals surface area contributed by atoms with Gasteiger partial charge in [0.2, 0.25) is 0 Å². The fourth-order valence-electron chi connectivity index (χ4n) is 3.29. The summed E-state index contributed by atoms with van der Waals surface area (Å²) < 4.78 is 10.4. The predicted molar refractivity (Wildman–Crippen MR) is 114 cm³/mol. The largest absolute Gasteiger partial charge is 0.497 e. The lowest BCUT2D eigenvalue weighted by Crippen LogP contribution is -2.35. The lowest BCUT2D eigenvalue weighted by Gasteiger charge is -2.26. The van der Waals surface area contributed by atoms with E-state index in [1.54, 1.807) is 18.2 Å². The first kappa shape index (κ1) is 19.9. The topological polar surface area (TPSA) is 80.8 Å². The number of rotatable bonds is 5. The summed E-state index contributed by atoms with van der Waals surface area (Å²) in [6.07, 6.45) is 0.660. The van der Waals surface area contributed by atoms with Gasteiger partial charge in [0.15, 0.2) is 5.13 Å². The number of nitrogens with one attached hydrogen (secondary N) is 1. The van der Waals surface area contributed by atoms with E-state index in [1.165, 1.54) is 25.6 Å². The van der Waals surface area contributed by atoms with E-state index < -0.39 is 0 Å². The minimum atomic E-state index is -0.296. The molecule has 1 aliphatic rings. The highest BCUT2D eigenvalue weighted by atomic mass is 32.1. The van der Waals surface area contributed by atoms with Crippen LogP contribution >= 0.6 is 11.3 Å². The summed E-state index contributed by atoms with van der Waals surface area (Å²) >= 11 is 1.40. The number of amides is 2. The minimum absolute atomic E-state index is 0.00344. The first-order valence-corrected chi connectivity index (χ1v) is 10.3. The molecule has 0 saturated carbocycles. The molecule has 8 heteroatoms. The molecule has 30 heavy (non-hydrogen) atoms. The van der Waals surface area contributed by atoms with Crippen LogP contribution < -0.4 is 14.8 Å². The van der Waals surface area contributed by atoms with Gasteiger partial charge < -0.3 is 14.4 Å². The molecule has 4 rings (SSSR count). The van der Waals surface area contributed by atoms with E-state index in [0.717, 1.165) is 10.6 Å². The highest BCUT2D eigenvalue weighted by molar-refractivity contribution is 7.15. The third-order valence-corrected chi connectivity index (χ3v) is 5.87. The molecule has 2 amide bonds. The van der Waals surface area contributed by atoms with Crippen LogP contribution in [0.2, 0.25) is 0 Å². The van der Waals surface area contributed by atoms with Gasteiger partial charge in [-0.05, 0) is 24.3 Å². The van der Waals surface area contributed by atoms with Crippen LogP contribution in [0.5, 0.6) is 11.5 Å².